The molecule has 1 rings (SSSR count). The highest BCUT2D eigenvalue weighted by molar-refractivity contribution is 7.89. The smallest absolute Gasteiger partial charge is 0.257 e. The van der Waals surface area contributed by atoms with Gasteiger partial charge in [0.05, 0.1) is 6.20 Å². The molecule has 0 radical (unpaired) electrons. The molecule has 1 aromatic rings. The van der Waals surface area contributed by atoms with Crippen molar-refractivity contribution in [3.8, 4) is 0 Å². The van der Waals surface area contributed by atoms with Crippen molar-refractivity contribution >= 4 is 22.4 Å². The van der Waals surface area contributed by atoms with Gasteiger partial charge in [0.15, 0.2) is 5.03 Å². The lowest BCUT2D eigenvalue weighted by molar-refractivity contribution is 0.547. The highest BCUT2D eigenvalue weighted by Gasteiger charge is 2.19. The van der Waals surface area contributed by atoms with Crippen LogP contribution in [0.4, 0.5) is 0 Å². The second kappa shape index (κ2) is 5.45. The predicted molar refractivity (Wildman–Crippen MR) is 59.3 cm³/mol. The van der Waals surface area contributed by atoms with Crippen LogP contribution in [0.1, 0.15) is 6.92 Å². The number of nitrogens with zero attached hydrogens (tertiary/aromatic N) is 2. The predicted octanol–water partition coefficient (Wildman–Crippen LogP) is -0.533. The molecule has 3 N–H and O–H groups in total. The van der Waals surface area contributed by atoms with Crippen LogP contribution in [0.3, 0.4) is 0 Å². The van der Waals surface area contributed by atoms with E-state index in [1.54, 1.807) is 14.0 Å². The highest BCUT2D eigenvalue weighted by Crippen LogP contribution is 2.06. The lowest BCUT2D eigenvalue weighted by Gasteiger charge is -2.11. The summed E-state index contributed by atoms with van der Waals surface area (Å²) in [6.45, 7) is 1.96. The van der Waals surface area contributed by atoms with Gasteiger partial charge in [-0.05, 0) is 13.0 Å². The molecule has 0 fully saturated rings. The number of sulfonamides is 1. The van der Waals surface area contributed by atoms with Crippen molar-refractivity contribution in [2.75, 3.05) is 6.54 Å². The summed E-state index contributed by atoms with van der Waals surface area (Å²) in [6.07, 6.45) is 1.43. The van der Waals surface area contributed by atoms with Crippen LogP contribution in [0.25, 0.3) is 0 Å². The molecule has 1 atom stereocenters. The van der Waals surface area contributed by atoms with Gasteiger partial charge in [-0.1, -0.05) is 0 Å². The number of nitrogens with two attached hydrogens (primary N) is 1. The zero-order valence-electron chi connectivity index (χ0n) is 8.54. The molecule has 0 unspecified atom stereocenters. The van der Waals surface area contributed by atoms with E-state index in [0.29, 0.717) is 0 Å². The maximum Gasteiger partial charge on any atom is 0.257 e. The number of nitrogens with one attached hydrogen (secondary N) is 1. The first-order chi connectivity index (χ1) is 6.47. The van der Waals surface area contributed by atoms with Crippen LogP contribution in [0.15, 0.2) is 17.3 Å². The van der Waals surface area contributed by atoms with Crippen LogP contribution in [0.5, 0.6) is 0 Å². The average Bonchev–Trinajstić information content (AvgIpc) is 2.51. The fourth-order valence-electron chi connectivity index (χ4n) is 0.999. The van der Waals surface area contributed by atoms with Crippen molar-refractivity contribution in [2.24, 2.45) is 12.8 Å². The van der Waals surface area contributed by atoms with Crippen molar-refractivity contribution in [3.63, 3.8) is 0 Å². The van der Waals surface area contributed by atoms with E-state index in [4.69, 9.17) is 5.73 Å². The molecule has 0 saturated carbocycles. The minimum atomic E-state index is -3.49. The Labute approximate surface area is 95.3 Å². The molecule has 0 aliphatic heterocycles. The minimum Gasteiger partial charge on any atom is -0.329 e. The summed E-state index contributed by atoms with van der Waals surface area (Å²) in [7, 11) is -1.92. The van der Waals surface area contributed by atoms with Gasteiger partial charge >= 0.3 is 0 Å². The molecule has 15 heavy (non-hydrogen) atoms. The lowest BCUT2D eigenvalue weighted by atomic mass is 10.4. The van der Waals surface area contributed by atoms with Crippen LogP contribution in [-0.4, -0.2) is 30.8 Å². The maximum absolute atomic E-state index is 11.7. The van der Waals surface area contributed by atoms with E-state index in [9.17, 15) is 8.42 Å². The number of rotatable bonds is 4. The average molecular weight is 255 g/mol. The number of aryl methyl sites for hydroxylation is 1. The fraction of sp³-hybridized carbons (Fsp3) is 0.571. The minimum absolute atomic E-state index is 0. The van der Waals surface area contributed by atoms with Crippen LogP contribution in [-0.2, 0) is 17.1 Å². The molecule has 1 aromatic heterocycles. The first kappa shape index (κ1) is 14.4. The molecule has 88 valence electrons. The van der Waals surface area contributed by atoms with Gasteiger partial charge < -0.3 is 5.73 Å². The van der Waals surface area contributed by atoms with Crippen molar-refractivity contribution in [1.82, 2.24) is 14.5 Å². The number of hydrogen-bond acceptors (Lipinski definition) is 4. The van der Waals surface area contributed by atoms with Crippen molar-refractivity contribution in [1.29, 1.82) is 0 Å². The largest absolute Gasteiger partial charge is 0.329 e. The van der Waals surface area contributed by atoms with Gasteiger partial charge in [0, 0.05) is 19.6 Å². The van der Waals surface area contributed by atoms with Crippen LogP contribution < -0.4 is 10.5 Å². The summed E-state index contributed by atoms with van der Waals surface area (Å²) in [5, 5.41) is 3.92. The molecule has 6 nitrogen and oxygen atoms in total. The Balaban J connectivity index is 0.00000196. The Bertz CT molecular complexity index is 403. The molecule has 0 amide bonds. The van der Waals surface area contributed by atoms with Crippen LogP contribution >= 0.6 is 12.4 Å². The zero-order chi connectivity index (χ0) is 10.8. The van der Waals surface area contributed by atoms with E-state index >= 15 is 0 Å². The first-order valence-electron chi connectivity index (χ1n) is 4.18. The first-order valence-corrected chi connectivity index (χ1v) is 5.66. The SMILES string of the molecule is C[C@@H](CN)NS(=O)(=O)c1ccnn1C.Cl. The zero-order valence-corrected chi connectivity index (χ0v) is 10.2. The fourth-order valence-corrected chi connectivity index (χ4v) is 2.38. The number of aromatic nitrogens is 2. The van der Waals surface area contributed by atoms with E-state index < -0.39 is 10.0 Å². The Hall–Kier alpha value is -0.630. The standard InChI is InChI=1S/C7H14N4O2S.ClH/c1-6(5-8)10-14(12,13)7-3-4-9-11(7)2;/h3-4,6,10H,5,8H2,1-2H3;1H/t6-;/m0./s1. The molecule has 0 saturated heterocycles. The molecule has 0 spiro atoms. The van der Waals surface area contributed by atoms with Gasteiger partial charge in [0.2, 0.25) is 0 Å². The van der Waals surface area contributed by atoms with E-state index in [2.05, 4.69) is 9.82 Å². The lowest BCUT2D eigenvalue weighted by Crippen LogP contribution is -2.38. The van der Waals surface area contributed by atoms with E-state index in [-0.39, 0.29) is 30.0 Å². The quantitative estimate of drug-likeness (QED) is 0.756. The molecule has 0 aliphatic carbocycles. The van der Waals surface area contributed by atoms with Gasteiger partial charge in [0.1, 0.15) is 0 Å². The third-order valence-electron chi connectivity index (χ3n) is 1.76. The summed E-state index contributed by atoms with van der Waals surface area (Å²) in [6, 6.07) is 1.15. The Kier molecular flexibility index (Phi) is 5.22. The Morgan fingerprint density at radius 3 is 2.67 bits per heavy atom. The third-order valence-corrected chi connectivity index (χ3v) is 3.42. The molecule has 8 heteroatoms. The van der Waals surface area contributed by atoms with E-state index in [0.717, 1.165) is 0 Å². The molecule has 0 aliphatic rings. The van der Waals surface area contributed by atoms with Crippen molar-refractivity contribution < 1.29 is 8.42 Å². The summed E-state index contributed by atoms with van der Waals surface area (Å²) >= 11 is 0. The Morgan fingerprint density at radius 1 is 1.67 bits per heavy atom. The highest BCUT2D eigenvalue weighted by atomic mass is 35.5. The summed E-state index contributed by atoms with van der Waals surface area (Å²) in [4.78, 5) is 0. The third kappa shape index (κ3) is 3.45. The van der Waals surface area contributed by atoms with Gasteiger partial charge in [0.25, 0.3) is 10.0 Å². The molecule has 0 bridgehead atoms. The van der Waals surface area contributed by atoms with Gasteiger partial charge in [-0.15, -0.1) is 12.4 Å². The van der Waals surface area contributed by atoms with Crippen LogP contribution in [0.2, 0.25) is 0 Å². The van der Waals surface area contributed by atoms with Crippen molar-refractivity contribution in [2.45, 2.75) is 18.0 Å². The topological polar surface area (TPSA) is 90.0 Å². The van der Waals surface area contributed by atoms with E-state index in [1.807, 2.05) is 0 Å². The normalized spacial score (nSPS) is 13.3. The van der Waals surface area contributed by atoms with Gasteiger partial charge in [-0.2, -0.15) is 5.10 Å². The van der Waals surface area contributed by atoms with Crippen LogP contribution in [0, 0.1) is 0 Å². The van der Waals surface area contributed by atoms with Gasteiger partial charge in [-0.3, -0.25) is 4.68 Å². The molecular weight excluding hydrogens is 240 g/mol. The second-order valence-corrected chi connectivity index (χ2v) is 4.71. The number of hydrogen-bond donors (Lipinski definition) is 2. The monoisotopic (exact) mass is 254 g/mol. The van der Waals surface area contributed by atoms with E-state index in [1.165, 1.54) is 16.9 Å². The summed E-state index contributed by atoms with van der Waals surface area (Å²) < 4.78 is 27.0. The summed E-state index contributed by atoms with van der Waals surface area (Å²) in [5.74, 6) is 0. The molecular formula is C7H15ClN4O2S. The number of halogens is 1. The van der Waals surface area contributed by atoms with Gasteiger partial charge in [-0.25, -0.2) is 13.1 Å². The second-order valence-electron chi connectivity index (χ2n) is 3.05. The molecule has 0 aromatic carbocycles. The summed E-state index contributed by atoms with van der Waals surface area (Å²) in [5.41, 5.74) is 5.32. The maximum atomic E-state index is 11.7. The Morgan fingerprint density at radius 2 is 2.27 bits per heavy atom. The van der Waals surface area contributed by atoms with Crippen molar-refractivity contribution in [3.05, 3.63) is 12.3 Å². The molecule has 1 heterocycles.